The third-order valence-corrected chi connectivity index (χ3v) is 4.81. The number of pyridine rings is 1. The van der Waals surface area contributed by atoms with E-state index in [1.807, 2.05) is 0 Å². The maximum atomic E-state index is 12.6. The van der Waals surface area contributed by atoms with Crippen molar-refractivity contribution in [2.24, 2.45) is 5.92 Å². The highest BCUT2D eigenvalue weighted by Crippen LogP contribution is 2.29. The summed E-state index contributed by atoms with van der Waals surface area (Å²) in [6.07, 6.45) is 5.45. The molecule has 2 aromatic rings. The quantitative estimate of drug-likeness (QED) is 0.791. The minimum atomic E-state index is -0.698. The van der Waals surface area contributed by atoms with E-state index in [-0.39, 0.29) is 22.3 Å². The number of amides is 2. The van der Waals surface area contributed by atoms with Gasteiger partial charge in [-0.2, -0.15) is 0 Å². The average molecular weight is 328 g/mol. The molecule has 1 fully saturated rings. The van der Waals surface area contributed by atoms with Crippen LogP contribution in [0.5, 0.6) is 0 Å². The number of nitrogens with one attached hydrogen (secondary N) is 2. The van der Waals surface area contributed by atoms with E-state index in [9.17, 15) is 19.2 Å². The molecular formula is C16H16N4O4. The van der Waals surface area contributed by atoms with Crippen molar-refractivity contribution in [3.63, 3.8) is 0 Å². The molecule has 0 bridgehead atoms. The summed E-state index contributed by atoms with van der Waals surface area (Å²) in [6, 6.07) is 1.34. The van der Waals surface area contributed by atoms with Gasteiger partial charge in [0.15, 0.2) is 0 Å². The zero-order chi connectivity index (χ0) is 16.8. The second-order valence-corrected chi connectivity index (χ2v) is 6.41. The molecule has 8 nitrogen and oxygen atoms in total. The SMILES string of the molecule is O=C1c2cc3c(=O)[nH]c(=O)[nH]c3nc2C(=O)N1CC1CCCCC1. The van der Waals surface area contributed by atoms with Crippen molar-refractivity contribution < 1.29 is 9.59 Å². The summed E-state index contributed by atoms with van der Waals surface area (Å²) in [5.41, 5.74) is -1.18. The molecular weight excluding hydrogens is 312 g/mol. The second-order valence-electron chi connectivity index (χ2n) is 6.41. The van der Waals surface area contributed by atoms with Gasteiger partial charge in [-0.25, -0.2) is 9.78 Å². The third-order valence-electron chi connectivity index (χ3n) is 4.81. The van der Waals surface area contributed by atoms with Crippen LogP contribution >= 0.6 is 0 Å². The first-order chi connectivity index (χ1) is 11.5. The summed E-state index contributed by atoms with van der Waals surface area (Å²) in [5, 5.41) is 0.0917. The number of H-pyrrole nitrogens is 2. The second kappa shape index (κ2) is 5.40. The lowest BCUT2D eigenvalue weighted by atomic mass is 9.89. The molecule has 2 N–H and O–H groups in total. The molecule has 3 heterocycles. The van der Waals surface area contributed by atoms with Crippen LogP contribution in [0.1, 0.15) is 53.0 Å². The monoisotopic (exact) mass is 328 g/mol. The summed E-state index contributed by atoms with van der Waals surface area (Å²) in [7, 11) is 0. The van der Waals surface area contributed by atoms with Crippen LogP contribution in [0, 0.1) is 5.92 Å². The molecule has 1 aliphatic heterocycles. The molecule has 0 aromatic carbocycles. The number of aromatic amines is 2. The van der Waals surface area contributed by atoms with Crippen molar-refractivity contribution in [3.8, 4) is 0 Å². The molecule has 2 aliphatic rings. The highest BCUT2D eigenvalue weighted by molar-refractivity contribution is 6.21. The predicted molar refractivity (Wildman–Crippen MR) is 84.9 cm³/mol. The maximum Gasteiger partial charge on any atom is 0.327 e. The summed E-state index contributed by atoms with van der Waals surface area (Å²) in [4.78, 5) is 58.1. The van der Waals surface area contributed by atoms with E-state index in [4.69, 9.17) is 0 Å². The Kier molecular flexibility index (Phi) is 3.33. The average Bonchev–Trinajstić information content (AvgIpc) is 2.79. The molecule has 124 valence electrons. The Balaban J connectivity index is 1.75. The standard InChI is InChI=1S/C16H16N4O4/c21-13-10-6-9-11(17-12(10)18-16(24)19-13)15(23)20(14(9)22)7-8-4-2-1-3-5-8/h6,8H,1-5,7H2,(H2,17,18,19,21,24). The lowest BCUT2D eigenvalue weighted by Gasteiger charge is -2.25. The van der Waals surface area contributed by atoms with Crippen molar-refractivity contribution in [1.29, 1.82) is 0 Å². The van der Waals surface area contributed by atoms with E-state index < -0.39 is 23.1 Å². The van der Waals surface area contributed by atoms with Gasteiger partial charge in [-0.1, -0.05) is 19.3 Å². The minimum Gasteiger partial charge on any atom is -0.291 e. The number of imide groups is 1. The van der Waals surface area contributed by atoms with Gasteiger partial charge in [-0.15, -0.1) is 0 Å². The number of rotatable bonds is 2. The molecule has 1 aliphatic carbocycles. The van der Waals surface area contributed by atoms with E-state index in [1.165, 1.54) is 17.4 Å². The van der Waals surface area contributed by atoms with Gasteiger partial charge in [-0.3, -0.25) is 29.3 Å². The van der Waals surface area contributed by atoms with Gasteiger partial charge in [0.25, 0.3) is 17.4 Å². The van der Waals surface area contributed by atoms with Crippen LogP contribution in [0.25, 0.3) is 11.0 Å². The van der Waals surface area contributed by atoms with Crippen molar-refractivity contribution in [2.45, 2.75) is 32.1 Å². The smallest absolute Gasteiger partial charge is 0.291 e. The number of aromatic nitrogens is 3. The number of carbonyl (C=O) groups excluding carboxylic acids is 2. The molecule has 1 saturated carbocycles. The van der Waals surface area contributed by atoms with Crippen LogP contribution in [0.15, 0.2) is 15.7 Å². The highest BCUT2D eigenvalue weighted by atomic mass is 16.2. The third kappa shape index (κ3) is 2.26. The summed E-state index contributed by atoms with van der Waals surface area (Å²) >= 11 is 0. The van der Waals surface area contributed by atoms with Crippen LogP contribution in [0.2, 0.25) is 0 Å². The van der Waals surface area contributed by atoms with Crippen LogP contribution in [-0.4, -0.2) is 38.2 Å². The van der Waals surface area contributed by atoms with E-state index in [0.717, 1.165) is 25.7 Å². The normalized spacial score (nSPS) is 18.4. The molecule has 24 heavy (non-hydrogen) atoms. The van der Waals surface area contributed by atoms with Crippen molar-refractivity contribution in [3.05, 3.63) is 38.2 Å². The molecule has 2 aromatic heterocycles. The Hall–Kier alpha value is -2.77. The van der Waals surface area contributed by atoms with E-state index in [0.29, 0.717) is 12.5 Å². The van der Waals surface area contributed by atoms with E-state index in [2.05, 4.69) is 15.0 Å². The number of nitrogens with zero attached hydrogens (tertiary/aromatic N) is 2. The number of hydrogen-bond acceptors (Lipinski definition) is 5. The van der Waals surface area contributed by atoms with Crippen LogP contribution in [0.4, 0.5) is 0 Å². The van der Waals surface area contributed by atoms with Gasteiger partial charge in [0, 0.05) is 6.54 Å². The van der Waals surface area contributed by atoms with Gasteiger partial charge in [0.05, 0.1) is 10.9 Å². The summed E-state index contributed by atoms with van der Waals surface area (Å²) in [6.45, 7) is 0.386. The van der Waals surface area contributed by atoms with E-state index in [1.54, 1.807) is 0 Å². The zero-order valence-corrected chi connectivity index (χ0v) is 12.9. The molecule has 8 heteroatoms. The topological polar surface area (TPSA) is 116 Å². The summed E-state index contributed by atoms with van der Waals surface area (Å²) < 4.78 is 0. The van der Waals surface area contributed by atoms with Crippen molar-refractivity contribution >= 4 is 22.8 Å². The Morgan fingerprint density at radius 2 is 1.79 bits per heavy atom. The van der Waals surface area contributed by atoms with Gasteiger partial charge < -0.3 is 0 Å². The molecule has 2 amide bonds. The zero-order valence-electron chi connectivity index (χ0n) is 12.9. The van der Waals surface area contributed by atoms with Crippen LogP contribution in [0.3, 0.4) is 0 Å². The Labute approximate surface area is 135 Å². The van der Waals surface area contributed by atoms with Gasteiger partial charge in [-0.05, 0) is 24.8 Å². The number of fused-ring (bicyclic) bond motifs is 2. The molecule has 0 unspecified atom stereocenters. The van der Waals surface area contributed by atoms with Crippen LogP contribution < -0.4 is 11.2 Å². The molecule has 0 saturated heterocycles. The molecule has 0 atom stereocenters. The fraction of sp³-hybridized carbons (Fsp3) is 0.438. The largest absolute Gasteiger partial charge is 0.327 e. The van der Waals surface area contributed by atoms with Gasteiger partial charge in [0.1, 0.15) is 11.3 Å². The molecule has 4 rings (SSSR count). The number of hydrogen-bond donors (Lipinski definition) is 2. The fourth-order valence-corrected chi connectivity index (χ4v) is 3.58. The number of carbonyl (C=O) groups is 2. The van der Waals surface area contributed by atoms with E-state index >= 15 is 0 Å². The predicted octanol–water partition coefficient (Wildman–Crippen LogP) is 0.788. The van der Waals surface area contributed by atoms with Gasteiger partial charge >= 0.3 is 5.69 Å². The first-order valence-electron chi connectivity index (χ1n) is 8.08. The highest BCUT2D eigenvalue weighted by Gasteiger charge is 2.38. The lowest BCUT2D eigenvalue weighted by molar-refractivity contribution is 0.0615. The molecule has 0 spiro atoms. The van der Waals surface area contributed by atoms with Crippen molar-refractivity contribution in [2.75, 3.05) is 6.54 Å². The lowest BCUT2D eigenvalue weighted by Crippen LogP contribution is -2.35. The minimum absolute atomic E-state index is 0.00422. The fourth-order valence-electron chi connectivity index (χ4n) is 3.58. The molecule has 0 radical (unpaired) electrons. The maximum absolute atomic E-state index is 12.6. The van der Waals surface area contributed by atoms with Gasteiger partial charge in [0.2, 0.25) is 0 Å². The first kappa shape index (κ1) is 14.8. The first-order valence-corrected chi connectivity index (χ1v) is 8.08. The Morgan fingerprint density at radius 1 is 1.04 bits per heavy atom. The van der Waals surface area contributed by atoms with Crippen molar-refractivity contribution in [1.82, 2.24) is 19.9 Å². The Morgan fingerprint density at radius 3 is 2.54 bits per heavy atom. The Bertz CT molecular complexity index is 968. The summed E-state index contributed by atoms with van der Waals surface area (Å²) in [5.74, 6) is -0.553. The van der Waals surface area contributed by atoms with Crippen LogP contribution in [-0.2, 0) is 0 Å².